The SMILES string of the molecule is C[C@@H](CN(C)Cc1ccccc1)NC(=O)[C@H]1CSC(=O)N1. The van der Waals surface area contributed by atoms with Crippen LogP contribution in [0.3, 0.4) is 0 Å². The van der Waals surface area contributed by atoms with E-state index in [1.165, 1.54) is 5.56 Å². The Kier molecular flexibility index (Phi) is 5.64. The number of likely N-dealkylation sites (N-methyl/N-ethyl adjacent to an activating group) is 1. The highest BCUT2D eigenvalue weighted by atomic mass is 32.2. The molecule has 2 N–H and O–H groups in total. The van der Waals surface area contributed by atoms with Gasteiger partial charge in [0.2, 0.25) is 5.91 Å². The van der Waals surface area contributed by atoms with E-state index in [9.17, 15) is 9.59 Å². The Morgan fingerprint density at radius 2 is 2.19 bits per heavy atom. The van der Waals surface area contributed by atoms with Crippen LogP contribution < -0.4 is 10.6 Å². The van der Waals surface area contributed by atoms with Crippen molar-refractivity contribution in [2.75, 3.05) is 19.3 Å². The van der Waals surface area contributed by atoms with Crippen LogP contribution in [0.1, 0.15) is 12.5 Å². The molecule has 0 aromatic heterocycles. The molecule has 0 bridgehead atoms. The Morgan fingerprint density at radius 1 is 1.48 bits per heavy atom. The third kappa shape index (κ3) is 5.06. The third-order valence-electron chi connectivity index (χ3n) is 3.26. The second-order valence-corrected chi connectivity index (χ2v) is 6.38. The van der Waals surface area contributed by atoms with Gasteiger partial charge in [-0.15, -0.1) is 0 Å². The molecule has 0 radical (unpaired) electrons. The van der Waals surface area contributed by atoms with Crippen LogP contribution in [0.2, 0.25) is 0 Å². The predicted molar refractivity (Wildman–Crippen MR) is 85.2 cm³/mol. The molecular formula is C15H21N3O2S. The summed E-state index contributed by atoms with van der Waals surface area (Å²) in [4.78, 5) is 25.2. The molecule has 114 valence electrons. The van der Waals surface area contributed by atoms with Gasteiger partial charge >= 0.3 is 0 Å². The second kappa shape index (κ2) is 7.47. The number of benzene rings is 1. The molecule has 1 heterocycles. The van der Waals surface area contributed by atoms with E-state index in [0.717, 1.165) is 24.9 Å². The van der Waals surface area contributed by atoms with Crippen LogP contribution in [0.15, 0.2) is 30.3 Å². The van der Waals surface area contributed by atoms with Gasteiger partial charge in [-0.25, -0.2) is 0 Å². The molecule has 1 aliphatic heterocycles. The van der Waals surface area contributed by atoms with E-state index in [1.54, 1.807) is 0 Å². The average Bonchev–Trinajstić information content (AvgIpc) is 2.86. The molecule has 2 rings (SSSR count). The lowest BCUT2D eigenvalue weighted by Crippen LogP contribution is -2.48. The predicted octanol–water partition coefficient (Wildman–Crippen LogP) is 1.45. The third-order valence-corrected chi connectivity index (χ3v) is 4.14. The summed E-state index contributed by atoms with van der Waals surface area (Å²) in [6.07, 6.45) is 0. The minimum Gasteiger partial charge on any atom is -0.351 e. The van der Waals surface area contributed by atoms with Crippen LogP contribution in [0.25, 0.3) is 0 Å². The van der Waals surface area contributed by atoms with E-state index < -0.39 is 6.04 Å². The molecular weight excluding hydrogens is 286 g/mol. The Labute approximate surface area is 129 Å². The van der Waals surface area contributed by atoms with Crippen molar-refractivity contribution in [1.29, 1.82) is 0 Å². The number of nitrogens with zero attached hydrogens (tertiary/aromatic N) is 1. The quantitative estimate of drug-likeness (QED) is 0.835. The van der Waals surface area contributed by atoms with Gasteiger partial charge in [-0.05, 0) is 19.5 Å². The van der Waals surface area contributed by atoms with Crippen LogP contribution in [-0.4, -0.2) is 47.5 Å². The second-order valence-electron chi connectivity index (χ2n) is 5.39. The van der Waals surface area contributed by atoms with Gasteiger partial charge in [-0.1, -0.05) is 42.1 Å². The van der Waals surface area contributed by atoms with Gasteiger partial charge in [0.15, 0.2) is 0 Å². The summed E-state index contributed by atoms with van der Waals surface area (Å²) >= 11 is 1.16. The molecule has 0 aliphatic carbocycles. The minimum atomic E-state index is -0.399. The van der Waals surface area contributed by atoms with Crippen molar-refractivity contribution in [1.82, 2.24) is 15.5 Å². The number of hydrogen-bond acceptors (Lipinski definition) is 4. The molecule has 1 aromatic rings. The van der Waals surface area contributed by atoms with Gasteiger partial charge in [0, 0.05) is 24.9 Å². The maximum atomic E-state index is 12.0. The lowest BCUT2D eigenvalue weighted by atomic mass is 10.2. The fourth-order valence-electron chi connectivity index (χ4n) is 2.34. The van der Waals surface area contributed by atoms with Gasteiger partial charge in [-0.2, -0.15) is 0 Å². The Hall–Kier alpha value is -1.53. The van der Waals surface area contributed by atoms with Crippen molar-refractivity contribution in [3.63, 3.8) is 0 Å². The molecule has 1 saturated heterocycles. The zero-order valence-corrected chi connectivity index (χ0v) is 13.2. The van der Waals surface area contributed by atoms with E-state index in [0.29, 0.717) is 5.75 Å². The zero-order valence-electron chi connectivity index (χ0n) is 12.3. The molecule has 2 amide bonds. The Bertz CT molecular complexity index is 495. The summed E-state index contributed by atoms with van der Waals surface area (Å²) in [5.41, 5.74) is 1.25. The normalized spacial score (nSPS) is 19.4. The first-order valence-corrected chi connectivity index (χ1v) is 7.99. The van der Waals surface area contributed by atoms with Crippen molar-refractivity contribution in [2.45, 2.75) is 25.6 Å². The van der Waals surface area contributed by atoms with Crippen molar-refractivity contribution < 1.29 is 9.59 Å². The molecule has 0 spiro atoms. The molecule has 6 heteroatoms. The summed E-state index contributed by atoms with van der Waals surface area (Å²) in [5.74, 6) is 0.408. The van der Waals surface area contributed by atoms with Crippen LogP contribution in [0.5, 0.6) is 0 Å². The van der Waals surface area contributed by atoms with E-state index in [-0.39, 0.29) is 17.2 Å². The van der Waals surface area contributed by atoms with Crippen LogP contribution in [0.4, 0.5) is 4.79 Å². The summed E-state index contributed by atoms with van der Waals surface area (Å²) in [5, 5.41) is 5.48. The molecule has 1 aromatic carbocycles. The first kappa shape index (κ1) is 15.9. The van der Waals surface area contributed by atoms with Crippen LogP contribution >= 0.6 is 11.8 Å². The van der Waals surface area contributed by atoms with Crippen LogP contribution in [-0.2, 0) is 11.3 Å². The lowest BCUT2D eigenvalue weighted by molar-refractivity contribution is -0.123. The fraction of sp³-hybridized carbons (Fsp3) is 0.467. The first-order chi connectivity index (χ1) is 10.0. The van der Waals surface area contributed by atoms with Gasteiger partial charge in [0.05, 0.1) is 0 Å². The largest absolute Gasteiger partial charge is 0.351 e. The fourth-order valence-corrected chi connectivity index (χ4v) is 3.12. The van der Waals surface area contributed by atoms with Gasteiger partial charge in [0.1, 0.15) is 6.04 Å². The summed E-state index contributed by atoms with van der Waals surface area (Å²) in [7, 11) is 2.03. The van der Waals surface area contributed by atoms with Crippen molar-refractivity contribution >= 4 is 22.9 Å². The van der Waals surface area contributed by atoms with E-state index >= 15 is 0 Å². The van der Waals surface area contributed by atoms with Crippen LogP contribution in [0, 0.1) is 0 Å². The highest BCUT2D eigenvalue weighted by Crippen LogP contribution is 2.13. The highest BCUT2D eigenvalue weighted by molar-refractivity contribution is 8.14. The minimum absolute atomic E-state index is 0.0358. The maximum Gasteiger partial charge on any atom is 0.279 e. The Balaban J connectivity index is 1.74. The number of thioether (sulfide) groups is 1. The first-order valence-electron chi connectivity index (χ1n) is 7.00. The maximum absolute atomic E-state index is 12.0. The molecule has 1 aliphatic rings. The molecule has 0 unspecified atom stereocenters. The molecule has 5 nitrogen and oxygen atoms in total. The smallest absolute Gasteiger partial charge is 0.279 e. The zero-order chi connectivity index (χ0) is 15.2. The molecule has 2 atom stereocenters. The number of carbonyl (C=O) groups excluding carboxylic acids is 2. The number of nitrogens with one attached hydrogen (secondary N) is 2. The summed E-state index contributed by atoms with van der Waals surface area (Å²) < 4.78 is 0. The van der Waals surface area contributed by atoms with Crippen molar-refractivity contribution in [3.05, 3.63) is 35.9 Å². The molecule has 1 fully saturated rings. The Morgan fingerprint density at radius 3 is 2.81 bits per heavy atom. The number of amides is 2. The standard InChI is InChI=1S/C15H21N3O2S/c1-11(16-14(19)13-10-21-15(20)17-13)8-18(2)9-12-6-4-3-5-7-12/h3-7,11,13H,8-10H2,1-2H3,(H,16,19)(H,17,20)/t11-,13+/m0/s1. The topological polar surface area (TPSA) is 61.4 Å². The van der Waals surface area contributed by atoms with E-state index in [1.807, 2.05) is 32.2 Å². The average molecular weight is 307 g/mol. The number of hydrogen-bond donors (Lipinski definition) is 2. The van der Waals surface area contributed by atoms with Gasteiger partial charge in [-0.3, -0.25) is 9.59 Å². The molecule has 0 saturated carbocycles. The molecule has 21 heavy (non-hydrogen) atoms. The van der Waals surface area contributed by atoms with E-state index in [2.05, 4.69) is 27.7 Å². The number of carbonyl (C=O) groups is 2. The van der Waals surface area contributed by atoms with Gasteiger partial charge < -0.3 is 15.5 Å². The van der Waals surface area contributed by atoms with Gasteiger partial charge in [0.25, 0.3) is 5.24 Å². The van der Waals surface area contributed by atoms with Crippen molar-refractivity contribution in [2.24, 2.45) is 0 Å². The highest BCUT2D eigenvalue weighted by Gasteiger charge is 2.28. The monoisotopic (exact) mass is 307 g/mol. The van der Waals surface area contributed by atoms with E-state index in [4.69, 9.17) is 0 Å². The summed E-state index contributed by atoms with van der Waals surface area (Å²) in [6.45, 7) is 3.58. The lowest BCUT2D eigenvalue weighted by Gasteiger charge is -2.23. The van der Waals surface area contributed by atoms with Crippen molar-refractivity contribution in [3.8, 4) is 0 Å². The number of rotatable bonds is 6. The summed E-state index contributed by atoms with van der Waals surface area (Å²) in [6, 6.07) is 9.86.